The first-order valence-corrected chi connectivity index (χ1v) is 12.7. The number of carbonyl (C=O) groups is 2. The van der Waals surface area contributed by atoms with Crippen LogP contribution < -0.4 is 4.90 Å². The fraction of sp³-hybridized carbons (Fsp3) is 0.143. The molecule has 2 aromatic carbocycles. The number of imidazole rings is 1. The molecule has 0 radical (unpaired) electrons. The van der Waals surface area contributed by atoms with Crippen LogP contribution in [-0.4, -0.2) is 77.3 Å². The SMILES string of the molecule is O=C(C(=O)N1CCN(c2nc3ccccc3n2-c2ccccc2)CC1)c1c[nH]c2c(-n3ccnn3)ncc(F)c12. The highest BCUT2D eigenvalue weighted by Gasteiger charge is 2.31. The van der Waals surface area contributed by atoms with Crippen molar-refractivity contribution in [1.29, 1.82) is 0 Å². The molecule has 0 saturated carbocycles. The third kappa shape index (κ3) is 3.80. The molecule has 40 heavy (non-hydrogen) atoms. The zero-order valence-electron chi connectivity index (χ0n) is 21.1. The van der Waals surface area contributed by atoms with E-state index in [1.165, 1.54) is 22.0 Å². The number of aromatic nitrogens is 7. The van der Waals surface area contributed by atoms with Gasteiger partial charge < -0.3 is 14.8 Å². The fourth-order valence-electron chi connectivity index (χ4n) is 5.19. The van der Waals surface area contributed by atoms with Crippen molar-refractivity contribution in [3.05, 3.63) is 90.8 Å². The van der Waals surface area contributed by atoms with Crippen molar-refractivity contribution >= 4 is 39.6 Å². The minimum atomic E-state index is -0.786. The second kappa shape index (κ2) is 9.42. The second-order valence-electron chi connectivity index (χ2n) is 9.41. The molecule has 1 aliphatic rings. The van der Waals surface area contributed by atoms with Gasteiger partial charge in [-0.15, -0.1) is 5.10 Å². The van der Waals surface area contributed by atoms with Crippen LogP contribution in [0, 0.1) is 5.82 Å². The molecule has 0 aliphatic carbocycles. The number of rotatable bonds is 5. The third-order valence-electron chi connectivity index (χ3n) is 7.13. The Balaban J connectivity index is 1.14. The summed E-state index contributed by atoms with van der Waals surface area (Å²) in [6, 6.07) is 17.9. The van der Waals surface area contributed by atoms with Crippen molar-refractivity contribution in [2.45, 2.75) is 0 Å². The van der Waals surface area contributed by atoms with Crippen LogP contribution in [0.5, 0.6) is 0 Å². The van der Waals surface area contributed by atoms with Crippen molar-refractivity contribution < 1.29 is 14.0 Å². The van der Waals surface area contributed by atoms with Gasteiger partial charge in [-0.25, -0.2) is 19.0 Å². The molecule has 7 rings (SSSR count). The standard InChI is InChI=1S/C28H22FN9O2/c29-20-17-31-26(37-11-10-32-34-37)24-23(20)19(16-30-24)25(39)27(40)35-12-14-36(15-13-35)28-33-21-8-4-5-9-22(21)38(28)18-6-2-1-3-7-18/h1-11,16-17,30H,12-15H2. The van der Waals surface area contributed by atoms with Crippen molar-refractivity contribution in [3.8, 4) is 11.5 Å². The van der Waals surface area contributed by atoms with Crippen LogP contribution in [0.2, 0.25) is 0 Å². The van der Waals surface area contributed by atoms with Crippen LogP contribution in [0.3, 0.4) is 0 Å². The lowest BCUT2D eigenvalue weighted by Gasteiger charge is -2.35. The average molecular weight is 536 g/mol. The largest absolute Gasteiger partial charge is 0.357 e. The molecule has 1 aliphatic heterocycles. The second-order valence-corrected chi connectivity index (χ2v) is 9.41. The summed E-state index contributed by atoms with van der Waals surface area (Å²) in [6.45, 7) is 1.61. The number of Topliss-reactive ketones (excluding diaryl/α,β-unsaturated/α-hetero) is 1. The topological polar surface area (TPSA) is 118 Å². The van der Waals surface area contributed by atoms with E-state index in [0.29, 0.717) is 26.2 Å². The van der Waals surface area contributed by atoms with Crippen LogP contribution >= 0.6 is 0 Å². The molecule has 6 aromatic rings. The molecule has 4 aromatic heterocycles. The highest BCUT2D eigenvalue weighted by Crippen LogP contribution is 2.29. The van der Waals surface area contributed by atoms with Gasteiger partial charge in [0.15, 0.2) is 11.6 Å². The smallest absolute Gasteiger partial charge is 0.295 e. The first kappa shape index (κ1) is 23.7. The molecule has 1 N–H and O–H groups in total. The zero-order valence-corrected chi connectivity index (χ0v) is 21.1. The number of H-pyrrole nitrogens is 1. The Morgan fingerprint density at radius 1 is 0.950 bits per heavy atom. The average Bonchev–Trinajstić information content (AvgIpc) is 3.76. The van der Waals surface area contributed by atoms with Crippen molar-refractivity contribution in [1.82, 2.24) is 39.4 Å². The highest BCUT2D eigenvalue weighted by molar-refractivity contribution is 6.45. The van der Waals surface area contributed by atoms with E-state index in [1.54, 1.807) is 6.20 Å². The monoisotopic (exact) mass is 535 g/mol. The van der Waals surface area contributed by atoms with Crippen molar-refractivity contribution in [2.75, 3.05) is 31.1 Å². The Bertz CT molecular complexity index is 1870. The van der Waals surface area contributed by atoms with Gasteiger partial charge >= 0.3 is 0 Å². The Kier molecular flexibility index (Phi) is 5.58. The molecule has 1 amide bonds. The van der Waals surface area contributed by atoms with Gasteiger partial charge in [0.05, 0.1) is 46.1 Å². The van der Waals surface area contributed by atoms with E-state index >= 15 is 0 Å². The molecule has 198 valence electrons. The lowest BCUT2D eigenvalue weighted by Crippen LogP contribution is -2.51. The Morgan fingerprint density at radius 3 is 2.50 bits per heavy atom. The molecule has 0 bridgehead atoms. The predicted octanol–water partition coefficient (Wildman–Crippen LogP) is 3.15. The Hall–Kier alpha value is -5.39. The number of anilines is 1. The summed E-state index contributed by atoms with van der Waals surface area (Å²) in [5, 5.41) is 7.63. The number of pyridine rings is 1. The van der Waals surface area contributed by atoms with E-state index in [-0.39, 0.29) is 22.3 Å². The normalized spacial score (nSPS) is 13.8. The predicted molar refractivity (Wildman–Crippen MR) is 145 cm³/mol. The maximum absolute atomic E-state index is 14.9. The van der Waals surface area contributed by atoms with Gasteiger partial charge in [-0.2, -0.15) is 0 Å². The van der Waals surface area contributed by atoms with Crippen LogP contribution in [0.1, 0.15) is 10.4 Å². The molecule has 5 heterocycles. The van der Waals surface area contributed by atoms with E-state index in [9.17, 15) is 14.0 Å². The lowest BCUT2D eigenvalue weighted by atomic mass is 10.1. The molecule has 1 saturated heterocycles. The zero-order chi connectivity index (χ0) is 27.2. The maximum atomic E-state index is 14.9. The summed E-state index contributed by atoms with van der Waals surface area (Å²) in [7, 11) is 0. The summed E-state index contributed by atoms with van der Waals surface area (Å²) in [5.41, 5.74) is 3.05. The van der Waals surface area contributed by atoms with E-state index in [0.717, 1.165) is 28.9 Å². The van der Waals surface area contributed by atoms with Gasteiger partial charge in [0, 0.05) is 38.1 Å². The third-order valence-corrected chi connectivity index (χ3v) is 7.13. The summed E-state index contributed by atoms with van der Waals surface area (Å²) < 4.78 is 18.3. The van der Waals surface area contributed by atoms with Crippen LogP contribution in [0.4, 0.5) is 10.3 Å². The first-order chi connectivity index (χ1) is 19.6. The van der Waals surface area contributed by atoms with Gasteiger partial charge in [-0.3, -0.25) is 14.2 Å². The number of benzene rings is 2. The number of aromatic amines is 1. The first-order valence-electron chi connectivity index (χ1n) is 12.7. The van der Waals surface area contributed by atoms with E-state index in [4.69, 9.17) is 4.98 Å². The molecule has 11 nitrogen and oxygen atoms in total. The minimum absolute atomic E-state index is 0.00550. The molecule has 1 fully saturated rings. The van der Waals surface area contributed by atoms with Gasteiger partial charge in [0.25, 0.3) is 11.7 Å². The molecular formula is C28H22FN9O2. The van der Waals surface area contributed by atoms with E-state index < -0.39 is 17.5 Å². The van der Waals surface area contributed by atoms with E-state index in [1.807, 2.05) is 54.6 Å². The fourth-order valence-corrected chi connectivity index (χ4v) is 5.19. The molecular weight excluding hydrogens is 513 g/mol. The molecule has 0 unspecified atom stereocenters. The van der Waals surface area contributed by atoms with Crippen LogP contribution in [0.25, 0.3) is 33.4 Å². The number of fused-ring (bicyclic) bond motifs is 2. The summed E-state index contributed by atoms with van der Waals surface area (Å²) in [5.74, 6) is -1.13. The number of nitrogens with one attached hydrogen (secondary N) is 1. The molecule has 12 heteroatoms. The number of halogens is 1. The summed E-state index contributed by atoms with van der Waals surface area (Å²) in [4.78, 5) is 42.1. The quantitative estimate of drug-likeness (QED) is 0.266. The summed E-state index contributed by atoms with van der Waals surface area (Å²) >= 11 is 0. The Labute approximate surface area is 226 Å². The summed E-state index contributed by atoms with van der Waals surface area (Å²) in [6.07, 6.45) is 5.36. The molecule has 0 atom stereocenters. The number of nitrogens with zero attached hydrogens (tertiary/aromatic N) is 8. The molecule has 0 spiro atoms. The van der Waals surface area contributed by atoms with Crippen molar-refractivity contribution in [2.24, 2.45) is 0 Å². The van der Waals surface area contributed by atoms with Gasteiger partial charge in [-0.05, 0) is 24.3 Å². The number of para-hydroxylation sites is 3. The number of hydrogen-bond donors (Lipinski definition) is 1. The lowest BCUT2D eigenvalue weighted by molar-refractivity contribution is -0.126. The van der Waals surface area contributed by atoms with Gasteiger partial charge in [-0.1, -0.05) is 35.5 Å². The van der Waals surface area contributed by atoms with Crippen LogP contribution in [0.15, 0.2) is 79.4 Å². The maximum Gasteiger partial charge on any atom is 0.295 e. The van der Waals surface area contributed by atoms with E-state index in [2.05, 4.69) is 29.7 Å². The number of carbonyl (C=O) groups excluding carboxylic acids is 2. The van der Waals surface area contributed by atoms with Crippen molar-refractivity contribution in [3.63, 3.8) is 0 Å². The number of ketones is 1. The number of amides is 1. The number of piperazine rings is 1. The van der Waals surface area contributed by atoms with Gasteiger partial charge in [0.1, 0.15) is 0 Å². The highest BCUT2D eigenvalue weighted by atomic mass is 19.1. The van der Waals surface area contributed by atoms with Gasteiger partial charge in [0.2, 0.25) is 5.95 Å². The minimum Gasteiger partial charge on any atom is -0.357 e. The van der Waals surface area contributed by atoms with Crippen LogP contribution in [-0.2, 0) is 4.79 Å². The Morgan fingerprint density at radius 2 is 1.73 bits per heavy atom. The number of hydrogen-bond acceptors (Lipinski definition) is 7.